The molecule has 6 nitrogen and oxygen atoms in total. The van der Waals surface area contributed by atoms with Crippen molar-refractivity contribution in [1.29, 1.82) is 0 Å². The molecule has 1 aliphatic rings. The van der Waals surface area contributed by atoms with Crippen molar-refractivity contribution in [2.45, 2.75) is 39.5 Å². The molecule has 0 aliphatic carbocycles. The number of benzene rings is 1. The van der Waals surface area contributed by atoms with E-state index in [1.807, 2.05) is 25.1 Å². The summed E-state index contributed by atoms with van der Waals surface area (Å²) in [5.41, 5.74) is 15.4. The van der Waals surface area contributed by atoms with Crippen LogP contribution in [0.4, 0.5) is 5.69 Å². The van der Waals surface area contributed by atoms with E-state index in [9.17, 15) is 0 Å². The predicted molar refractivity (Wildman–Crippen MR) is 127 cm³/mol. The molecule has 0 aromatic heterocycles. The highest BCUT2D eigenvalue weighted by molar-refractivity contribution is 5.83. The summed E-state index contributed by atoms with van der Waals surface area (Å²) < 4.78 is 5.44. The number of hydrogen-bond donors (Lipinski definition) is 4. The molecule has 1 fully saturated rings. The Morgan fingerprint density at radius 2 is 1.87 bits per heavy atom. The smallest absolute Gasteiger partial charge is 0.118 e. The molecule has 0 radical (unpaired) electrons. The number of allylic oxidation sites excluding steroid dienone is 2. The Balaban J connectivity index is 1.94. The van der Waals surface area contributed by atoms with Crippen LogP contribution in [0.25, 0.3) is 0 Å². The van der Waals surface area contributed by atoms with Gasteiger partial charge in [-0.2, -0.15) is 0 Å². The number of hydrogen-bond acceptors (Lipinski definition) is 5. The zero-order chi connectivity index (χ0) is 21.9. The van der Waals surface area contributed by atoms with E-state index in [0.717, 1.165) is 62.4 Å². The van der Waals surface area contributed by atoms with Crippen LogP contribution in [0.3, 0.4) is 0 Å². The number of nitrogens with two attached hydrogens (primary N) is 2. The summed E-state index contributed by atoms with van der Waals surface area (Å²) in [5.74, 6) is 1.54. The van der Waals surface area contributed by atoms with Gasteiger partial charge in [-0.15, -0.1) is 0 Å². The molecule has 1 aliphatic heterocycles. The molecule has 2 rings (SSSR count). The lowest BCUT2D eigenvalue weighted by molar-refractivity contribution is 0.0762. The highest BCUT2D eigenvalue weighted by Gasteiger charge is 2.21. The topological polar surface area (TPSA) is 97.7 Å². The summed E-state index contributed by atoms with van der Waals surface area (Å²) in [7, 11) is 0. The summed E-state index contributed by atoms with van der Waals surface area (Å²) in [6.45, 7) is 14.8. The average Bonchev–Trinajstić information content (AvgIpc) is 2.75. The molecule has 1 heterocycles. The maximum Gasteiger partial charge on any atom is 0.118 e. The molecule has 1 unspecified atom stereocenters. The predicted octanol–water partition coefficient (Wildman–Crippen LogP) is 4.11. The second-order valence-corrected chi connectivity index (χ2v) is 7.74. The molecule has 0 saturated carbocycles. The van der Waals surface area contributed by atoms with Crippen molar-refractivity contribution in [3.63, 3.8) is 0 Å². The van der Waals surface area contributed by atoms with Crippen molar-refractivity contribution >= 4 is 11.5 Å². The molecule has 1 atom stereocenters. The Morgan fingerprint density at radius 3 is 2.47 bits per heavy atom. The molecule has 6 N–H and O–H groups in total. The Kier molecular flexibility index (Phi) is 9.48. The second-order valence-electron chi connectivity index (χ2n) is 7.74. The highest BCUT2D eigenvalue weighted by Crippen LogP contribution is 2.27. The van der Waals surface area contributed by atoms with Crippen molar-refractivity contribution in [3.8, 4) is 0 Å². The monoisotopic (exact) mass is 411 g/mol. The Labute approximate surface area is 181 Å². The third-order valence-corrected chi connectivity index (χ3v) is 5.50. The molecule has 6 heteroatoms. The fraction of sp³-hybridized carbons (Fsp3) is 0.458. The van der Waals surface area contributed by atoms with Crippen molar-refractivity contribution in [1.82, 2.24) is 5.32 Å². The average molecular weight is 412 g/mol. The van der Waals surface area contributed by atoms with E-state index >= 15 is 0 Å². The maximum absolute atomic E-state index is 5.95. The summed E-state index contributed by atoms with van der Waals surface area (Å²) >= 11 is 0. The molecule has 0 spiro atoms. The molecule has 30 heavy (non-hydrogen) atoms. The lowest BCUT2D eigenvalue weighted by Gasteiger charge is -2.26. The molecule has 164 valence electrons. The van der Waals surface area contributed by atoms with Crippen LogP contribution in [-0.4, -0.2) is 25.6 Å². The lowest BCUT2D eigenvalue weighted by Crippen LogP contribution is -2.31. The van der Waals surface area contributed by atoms with E-state index < -0.39 is 0 Å². The summed E-state index contributed by atoms with van der Waals surface area (Å²) in [5, 5.41) is 6.72. The van der Waals surface area contributed by atoms with E-state index in [4.69, 9.17) is 21.2 Å². The van der Waals surface area contributed by atoms with Gasteiger partial charge in [0.25, 0.3) is 0 Å². The minimum absolute atomic E-state index is 0.228. The first-order valence-corrected chi connectivity index (χ1v) is 10.7. The van der Waals surface area contributed by atoms with Gasteiger partial charge in [0.1, 0.15) is 11.7 Å². The van der Waals surface area contributed by atoms with E-state index in [1.165, 1.54) is 0 Å². The van der Waals surface area contributed by atoms with Gasteiger partial charge in [0.05, 0.1) is 5.70 Å². The third-order valence-electron chi connectivity index (χ3n) is 5.50. The minimum Gasteiger partial charge on any atom is -0.385 e. The summed E-state index contributed by atoms with van der Waals surface area (Å²) in [6, 6.07) is 10.2. The molecular formula is C24H37N5O. The van der Waals surface area contributed by atoms with Crippen LogP contribution in [0.15, 0.2) is 71.3 Å². The molecular weight excluding hydrogens is 374 g/mol. The summed E-state index contributed by atoms with van der Waals surface area (Å²) in [6.07, 6.45) is 3.78. The fourth-order valence-corrected chi connectivity index (χ4v) is 3.66. The number of anilines is 1. The van der Waals surface area contributed by atoms with Crippen LogP contribution in [0, 0.1) is 11.8 Å². The van der Waals surface area contributed by atoms with E-state index in [2.05, 4.69) is 42.8 Å². The SMILES string of the molecule is C=C(/N=C(/C)NC(C(=C)C1CCOCC1)=C(N)N)C(CC)CCNc1ccccc1. The summed E-state index contributed by atoms with van der Waals surface area (Å²) in [4.78, 5) is 4.70. The van der Waals surface area contributed by atoms with Gasteiger partial charge in [0, 0.05) is 37.1 Å². The first kappa shape index (κ1) is 23.5. The maximum atomic E-state index is 5.95. The van der Waals surface area contributed by atoms with Crippen molar-refractivity contribution in [2.75, 3.05) is 25.1 Å². The van der Waals surface area contributed by atoms with Gasteiger partial charge in [-0.3, -0.25) is 0 Å². The number of nitrogens with one attached hydrogen (secondary N) is 2. The van der Waals surface area contributed by atoms with Gasteiger partial charge >= 0.3 is 0 Å². The number of aliphatic imine (C=N–C) groups is 1. The second kappa shape index (κ2) is 12.1. The van der Waals surface area contributed by atoms with Crippen molar-refractivity contribution in [2.24, 2.45) is 28.3 Å². The number of rotatable bonds is 10. The first-order valence-electron chi connectivity index (χ1n) is 10.7. The lowest BCUT2D eigenvalue weighted by atomic mass is 9.90. The Bertz CT molecular complexity index is 759. The van der Waals surface area contributed by atoms with Crippen LogP contribution in [-0.2, 0) is 4.74 Å². The van der Waals surface area contributed by atoms with Crippen LogP contribution in [0.1, 0.15) is 39.5 Å². The van der Waals surface area contributed by atoms with E-state index in [0.29, 0.717) is 23.4 Å². The van der Waals surface area contributed by atoms with Gasteiger partial charge in [0.2, 0.25) is 0 Å². The van der Waals surface area contributed by atoms with Crippen molar-refractivity contribution in [3.05, 3.63) is 66.3 Å². The van der Waals surface area contributed by atoms with Crippen LogP contribution in [0.2, 0.25) is 0 Å². The Morgan fingerprint density at radius 1 is 1.20 bits per heavy atom. The number of amidine groups is 1. The molecule has 0 amide bonds. The largest absolute Gasteiger partial charge is 0.385 e. The van der Waals surface area contributed by atoms with E-state index in [1.54, 1.807) is 0 Å². The fourth-order valence-electron chi connectivity index (χ4n) is 3.66. The first-order chi connectivity index (χ1) is 14.4. The normalized spacial score (nSPS) is 15.9. The third kappa shape index (κ3) is 7.26. The van der Waals surface area contributed by atoms with Gasteiger partial charge in [-0.25, -0.2) is 4.99 Å². The zero-order valence-corrected chi connectivity index (χ0v) is 18.4. The number of nitrogens with zero attached hydrogens (tertiary/aromatic N) is 1. The van der Waals surface area contributed by atoms with Crippen LogP contribution >= 0.6 is 0 Å². The van der Waals surface area contributed by atoms with Crippen LogP contribution in [0.5, 0.6) is 0 Å². The molecule has 1 aromatic rings. The standard InChI is InChI=1S/C24H37N5O/c1-5-20(11-14-27-22-9-7-6-8-10-22)18(3)28-19(4)29-23(24(25)26)17(2)21-12-15-30-16-13-21/h6-10,20-21,27H,2-3,5,11-16,25-26H2,1,4H3,(H,28,29). The van der Waals surface area contributed by atoms with Gasteiger partial charge < -0.3 is 26.8 Å². The molecule has 1 saturated heterocycles. The quantitative estimate of drug-likeness (QED) is 0.264. The zero-order valence-electron chi connectivity index (χ0n) is 18.4. The van der Waals surface area contributed by atoms with Crippen LogP contribution < -0.4 is 22.1 Å². The number of ether oxygens (including phenoxy) is 1. The van der Waals surface area contributed by atoms with Gasteiger partial charge in [0.15, 0.2) is 0 Å². The highest BCUT2D eigenvalue weighted by atomic mass is 16.5. The van der Waals surface area contributed by atoms with Crippen molar-refractivity contribution < 1.29 is 4.74 Å². The van der Waals surface area contributed by atoms with Gasteiger partial charge in [-0.1, -0.05) is 38.3 Å². The minimum atomic E-state index is 0.228. The Hall–Kier alpha value is -2.73. The van der Waals surface area contributed by atoms with E-state index in [-0.39, 0.29) is 5.82 Å². The van der Waals surface area contributed by atoms with Gasteiger partial charge in [-0.05, 0) is 56.2 Å². The number of para-hydroxylation sites is 1. The molecule has 1 aromatic carbocycles. The molecule has 0 bridgehead atoms.